The van der Waals surface area contributed by atoms with Crippen molar-refractivity contribution >= 4 is 22.1 Å². The van der Waals surface area contributed by atoms with Gasteiger partial charge in [0.15, 0.2) is 12.4 Å². The first-order valence-electron chi connectivity index (χ1n) is 22.9. The first kappa shape index (κ1) is 54.1. The zero-order valence-electron chi connectivity index (χ0n) is 36.2. The number of aliphatic hydroxyl groups is 3. The number of rotatable bonds is 38. The van der Waals surface area contributed by atoms with Crippen LogP contribution in [0.2, 0.25) is 0 Å². The van der Waals surface area contributed by atoms with Crippen LogP contribution in [0, 0.1) is 0 Å². The largest absolute Gasteiger partial charge is 0.462 e. The van der Waals surface area contributed by atoms with Gasteiger partial charge in [-0.25, -0.2) is 0 Å². The topological polar surface area (TPSA) is 186 Å². The summed E-state index contributed by atoms with van der Waals surface area (Å²) >= 11 is 0. The van der Waals surface area contributed by atoms with Crippen LogP contribution in [-0.2, 0) is 38.7 Å². The summed E-state index contributed by atoms with van der Waals surface area (Å²) < 4.78 is 54.0. The van der Waals surface area contributed by atoms with Crippen molar-refractivity contribution in [1.82, 2.24) is 0 Å². The summed E-state index contributed by atoms with van der Waals surface area (Å²) in [5.74, 6) is -2.03. The number of allylic oxidation sites excluding steroid dienone is 4. The number of carbonyl (C=O) groups is 2. The number of esters is 2. The predicted molar refractivity (Wildman–Crippen MR) is 229 cm³/mol. The van der Waals surface area contributed by atoms with Crippen LogP contribution in [0.3, 0.4) is 0 Å². The molecule has 13 heteroatoms. The van der Waals surface area contributed by atoms with Crippen LogP contribution in [0.5, 0.6) is 0 Å². The lowest BCUT2D eigenvalue weighted by molar-refractivity contribution is -0.297. The molecule has 0 saturated carbocycles. The Morgan fingerprint density at radius 3 is 1.57 bits per heavy atom. The maximum atomic E-state index is 12.8. The van der Waals surface area contributed by atoms with Gasteiger partial charge < -0.3 is 34.3 Å². The Kier molecular flexibility index (Phi) is 33.5. The Morgan fingerprint density at radius 1 is 0.586 bits per heavy atom. The summed E-state index contributed by atoms with van der Waals surface area (Å²) in [7, 11) is -4.60. The van der Waals surface area contributed by atoms with E-state index >= 15 is 0 Å². The molecule has 0 aromatic rings. The van der Waals surface area contributed by atoms with Crippen molar-refractivity contribution in [2.24, 2.45) is 0 Å². The molecule has 1 saturated heterocycles. The maximum Gasteiger partial charge on any atom is 0.306 e. The molecule has 1 aliphatic rings. The van der Waals surface area contributed by atoms with Crippen LogP contribution in [0.1, 0.15) is 194 Å². The third-order valence-electron chi connectivity index (χ3n) is 10.5. The summed E-state index contributed by atoms with van der Waals surface area (Å²) in [4.78, 5) is 25.4. The molecule has 0 aromatic heterocycles. The van der Waals surface area contributed by atoms with Gasteiger partial charge in [0.05, 0.1) is 6.61 Å². The molecular formula is C45H82O12S. The first-order chi connectivity index (χ1) is 28.0. The highest BCUT2D eigenvalue weighted by Crippen LogP contribution is 2.24. The van der Waals surface area contributed by atoms with E-state index in [2.05, 4.69) is 32.1 Å². The van der Waals surface area contributed by atoms with Gasteiger partial charge in [0.25, 0.3) is 10.1 Å². The van der Waals surface area contributed by atoms with E-state index in [9.17, 15) is 37.9 Å². The van der Waals surface area contributed by atoms with E-state index in [0.717, 1.165) is 32.1 Å². The van der Waals surface area contributed by atoms with Crippen molar-refractivity contribution in [1.29, 1.82) is 0 Å². The number of hydrogen-bond donors (Lipinski definition) is 4. The van der Waals surface area contributed by atoms with Gasteiger partial charge in [-0.05, 0) is 38.5 Å². The SMILES string of the molecule is CCCCCCCCCCC/C=C/C/C=C/CCCC(=O)O[C@H](COC(=O)CCCCCCCCCCCCCCC)CO[C@H]1O[C@H](CS(=O)(=O)O)[C@@H](O)C(O)C1O. The Bertz CT molecular complexity index is 1180. The zero-order valence-corrected chi connectivity index (χ0v) is 37.0. The molecule has 0 aromatic carbocycles. The summed E-state index contributed by atoms with van der Waals surface area (Å²) in [6.45, 7) is 3.73. The van der Waals surface area contributed by atoms with E-state index in [-0.39, 0.29) is 19.4 Å². The average molecular weight is 847 g/mol. The molecule has 0 aliphatic carbocycles. The smallest absolute Gasteiger partial charge is 0.306 e. The molecule has 2 unspecified atom stereocenters. The van der Waals surface area contributed by atoms with E-state index in [1.54, 1.807) is 0 Å². The number of unbranched alkanes of at least 4 members (excludes halogenated alkanes) is 22. The van der Waals surface area contributed by atoms with Crippen LogP contribution < -0.4 is 0 Å². The van der Waals surface area contributed by atoms with Gasteiger partial charge in [0.1, 0.15) is 36.8 Å². The number of ether oxygens (including phenoxy) is 4. The summed E-state index contributed by atoms with van der Waals surface area (Å²) in [5.41, 5.74) is 0. The molecule has 0 radical (unpaired) electrons. The minimum absolute atomic E-state index is 0.103. The Labute approximate surface area is 351 Å². The number of aliphatic hydroxyl groups excluding tert-OH is 3. The lowest BCUT2D eigenvalue weighted by atomic mass is 10.00. The van der Waals surface area contributed by atoms with Crippen molar-refractivity contribution in [2.75, 3.05) is 19.0 Å². The molecule has 4 N–H and O–H groups in total. The Hall–Kier alpha value is -1.87. The van der Waals surface area contributed by atoms with Crippen LogP contribution >= 0.6 is 0 Å². The van der Waals surface area contributed by atoms with Gasteiger partial charge in [0.2, 0.25) is 0 Å². The molecule has 0 bridgehead atoms. The second kappa shape index (κ2) is 35.8. The molecule has 0 amide bonds. The third-order valence-corrected chi connectivity index (χ3v) is 11.3. The van der Waals surface area contributed by atoms with Gasteiger partial charge in [-0.2, -0.15) is 8.42 Å². The van der Waals surface area contributed by atoms with Crippen molar-refractivity contribution in [3.05, 3.63) is 24.3 Å². The fourth-order valence-electron chi connectivity index (χ4n) is 6.95. The minimum Gasteiger partial charge on any atom is -0.462 e. The van der Waals surface area contributed by atoms with Crippen molar-refractivity contribution in [2.45, 2.75) is 230 Å². The maximum absolute atomic E-state index is 12.8. The normalized spacial score (nSPS) is 20.6. The van der Waals surface area contributed by atoms with E-state index in [1.807, 2.05) is 6.08 Å². The molecule has 1 fully saturated rings. The van der Waals surface area contributed by atoms with Gasteiger partial charge in [0, 0.05) is 12.8 Å². The Morgan fingerprint density at radius 2 is 1.05 bits per heavy atom. The molecule has 12 nitrogen and oxygen atoms in total. The average Bonchev–Trinajstić information content (AvgIpc) is 3.18. The standard InChI is InChI=1S/C45H82O12S/c1-3-5-7-9-11-13-15-17-18-19-20-22-24-26-28-30-32-34-41(47)56-38(36-55-45-44(50)43(49)42(48)39(57-45)37-58(51,52)53)35-54-40(46)33-31-29-27-25-23-21-16-14-12-10-8-6-4-2/h20,22,26,28,38-39,42-45,48-50H,3-19,21,23-25,27,29-37H2,1-2H3,(H,51,52,53)/b22-20+,28-26+/t38-,39-,42-,43?,44?,45+/m1/s1. The summed E-state index contributed by atoms with van der Waals surface area (Å²) in [5, 5.41) is 30.9. The van der Waals surface area contributed by atoms with Gasteiger partial charge in [-0.1, -0.05) is 167 Å². The fraction of sp³-hybridized carbons (Fsp3) is 0.867. The van der Waals surface area contributed by atoms with Crippen LogP contribution in [0.25, 0.3) is 0 Å². The molecular weight excluding hydrogens is 765 g/mol. The molecule has 340 valence electrons. The van der Waals surface area contributed by atoms with Crippen molar-refractivity contribution in [3.63, 3.8) is 0 Å². The van der Waals surface area contributed by atoms with Crippen molar-refractivity contribution in [3.8, 4) is 0 Å². The molecule has 0 spiro atoms. The van der Waals surface area contributed by atoms with E-state index in [1.165, 1.54) is 116 Å². The van der Waals surface area contributed by atoms with Crippen LogP contribution in [0.4, 0.5) is 0 Å². The highest BCUT2D eigenvalue weighted by atomic mass is 32.2. The summed E-state index contributed by atoms with van der Waals surface area (Å²) in [6.07, 6.45) is 29.5. The van der Waals surface area contributed by atoms with Gasteiger partial charge in [-0.15, -0.1) is 0 Å². The first-order valence-corrected chi connectivity index (χ1v) is 24.5. The molecule has 58 heavy (non-hydrogen) atoms. The van der Waals surface area contributed by atoms with Crippen LogP contribution in [0.15, 0.2) is 24.3 Å². The monoisotopic (exact) mass is 847 g/mol. The van der Waals surface area contributed by atoms with E-state index < -0.39 is 71.2 Å². The number of carbonyl (C=O) groups excluding carboxylic acids is 2. The lowest BCUT2D eigenvalue weighted by Gasteiger charge is -2.40. The fourth-order valence-corrected chi connectivity index (χ4v) is 7.64. The minimum atomic E-state index is -4.60. The zero-order chi connectivity index (χ0) is 42.7. The molecule has 1 aliphatic heterocycles. The highest BCUT2D eigenvalue weighted by Gasteiger charge is 2.46. The molecule has 1 heterocycles. The lowest BCUT2D eigenvalue weighted by Crippen LogP contribution is -2.60. The second-order valence-electron chi connectivity index (χ2n) is 16.1. The molecule has 6 atom stereocenters. The molecule has 1 rings (SSSR count). The van der Waals surface area contributed by atoms with Crippen LogP contribution in [-0.4, -0.2) is 96.0 Å². The Balaban J connectivity index is 2.47. The van der Waals surface area contributed by atoms with E-state index in [4.69, 9.17) is 18.9 Å². The quantitative estimate of drug-likeness (QED) is 0.0200. The summed E-state index contributed by atoms with van der Waals surface area (Å²) in [6, 6.07) is 0. The number of hydrogen-bond acceptors (Lipinski definition) is 11. The van der Waals surface area contributed by atoms with Crippen molar-refractivity contribution < 1.29 is 56.8 Å². The van der Waals surface area contributed by atoms with Gasteiger partial charge in [-0.3, -0.25) is 14.1 Å². The van der Waals surface area contributed by atoms with Gasteiger partial charge >= 0.3 is 11.9 Å². The van der Waals surface area contributed by atoms with E-state index in [0.29, 0.717) is 19.3 Å². The third kappa shape index (κ3) is 30.2. The highest BCUT2D eigenvalue weighted by molar-refractivity contribution is 7.85. The second-order valence-corrected chi connectivity index (χ2v) is 17.6. The predicted octanol–water partition coefficient (Wildman–Crippen LogP) is 9.23.